The molecule has 4 rings (SSSR count). The third-order valence-electron chi connectivity index (χ3n) is 14.2. The van der Waals surface area contributed by atoms with Gasteiger partial charge in [-0.1, -0.05) is 161 Å². The molecule has 1 aliphatic heterocycles. The Bertz CT molecular complexity index is 2690. The molecule has 0 saturated carbocycles. The molecule has 0 unspecified atom stereocenters. The Morgan fingerprint density at radius 2 is 0.518 bits per heavy atom. The van der Waals surface area contributed by atoms with Gasteiger partial charge in [0.25, 0.3) is 0 Å². The van der Waals surface area contributed by atoms with Crippen LogP contribution in [0.25, 0.3) is 0 Å². The minimum absolute atomic E-state index is 0.00731. The van der Waals surface area contributed by atoms with Gasteiger partial charge in [0.1, 0.15) is 34.1 Å². The minimum atomic E-state index is -0.799. The van der Waals surface area contributed by atoms with Gasteiger partial charge < -0.3 is 43.1 Å². The van der Waals surface area contributed by atoms with Gasteiger partial charge in [0.2, 0.25) is 17.7 Å². The average molecular weight is 1180 g/mol. The molecule has 0 aromatic heterocycles. The molecule has 0 aliphatic carbocycles. The van der Waals surface area contributed by atoms with Crippen molar-refractivity contribution in [3.05, 3.63) is 86.5 Å². The number of hydrogen-bond acceptors (Lipinski definition) is 12. The molecule has 3 aromatic carbocycles. The van der Waals surface area contributed by atoms with Crippen LogP contribution >= 0.6 is 0 Å². The fourth-order valence-electron chi connectivity index (χ4n) is 9.88. The van der Waals surface area contributed by atoms with Gasteiger partial charge in [-0.3, -0.25) is 14.4 Å². The van der Waals surface area contributed by atoms with E-state index in [1.165, 1.54) is 0 Å². The molecule has 0 radical (unpaired) electrons. The van der Waals surface area contributed by atoms with Gasteiger partial charge in [-0.15, -0.1) is 0 Å². The summed E-state index contributed by atoms with van der Waals surface area (Å²) >= 11 is 0. The van der Waals surface area contributed by atoms with Gasteiger partial charge in [-0.05, 0) is 137 Å². The van der Waals surface area contributed by atoms with Crippen LogP contribution < -0.4 is 14.2 Å². The summed E-state index contributed by atoms with van der Waals surface area (Å²) < 4.78 is 34.9. The van der Waals surface area contributed by atoms with Gasteiger partial charge in [0, 0.05) is 52.6 Å². The van der Waals surface area contributed by atoms with Crippen molar-refractivity contribution in [1.82, 2.24) is 14.7 Å². The molecule has 0 spiro atoms. The van der Waals surface area contributed by atoms with E-state index < -0.39 is 67.8 Å². The first-order chi connectivity index (χ1) is 38.2. The van der Waals surface area contributed by atoms with E-state index in [9.17, 15) is 28.8 Å². The maximum absolute atomic E-state index is 14.7. The van der Waals surface area contributed by atoms with Gasteiger partial charge in [-0.25, -0.2) is 14.4 Å². The van der Waals surface area contributed by atoms with E-state index >= 15 is 0 Å². The molecule has 0 atom stereocenters. The van der Waals surface area contributed by atoms with Crippen LogP contribution in [-0.2, 0) is 80.3 Å². The predicted octanol–water partition coefficient (Wildman–Crippen LogP) is 16.4. The summed E-state index contributed by atoms with van der Waals surface area (Å²) in [6, 6.07) is 12.1. The normalized spacial score (nSPS) is 14.2. The zero-order chi connectivity index (χ0) is 65.2. The molecule has 474 valence electrons. The molecule has 0 bridgehead atoms. The lowest BCUT2D eigenvalue weighted by molar-refractivity contribution is -0.158. The highest BCUT2D eigenvalue weighted by Gasteiger charge is 2.37. The highest BCUT2D eigenvalue weighted by Crippen LogP contribution is 2.45. The standard InChI is InChI=1S/C70H107N3O12/c1-62(2,3)47-35-44(36-48(63(4,5)6)56(47)80-59(77)83-68(19,20)21)29-28-30-53(74)71-41-72(54(75)33-31-45-37-49(64(7,8)9)57(50(38-45)65(10,11)12)81-60(78)84-69(22,23)24)43-73(42-71)55(76)34-32-46-39-51(66(13,14)15)58(52(40-46)67(16,17)18)82-61(79)85-70(25,26)27/h35-40H,28-34,41-43H2,1-27H3. The van der Waals surface area contributed by atoms with E-state index in [2.05, 4.69) is 41.5 Å². The Hall–Kier alpha value is -6.12. The topological polar surface area (TPSA) is 168 Å². The van der Waals surface area contributed by atoms with Crippen molar-refractivity contribution in [3.63, 3.8) is 0 Å². The third-order valence-corrected chi connectivity index (χ3v) is 14.2. The molecule has 1 aliphatic rings. The zero-order valence-corrected chi connectivity index (χ0v) is 57.3. The molecule has 15 heteroatoms. The highest BCUT2D eigenvalue weighted by atomic mass is 16.7. The quantitative estimate of drug-likeness (QED) is 0.0904. The number of amides is 3. The summed E-state index contributed by atoms with van der Waals surface area (Å²) in [5.41, 5.74) is 2.61. The number of rotatable bonds is 13. The smallest absolute Gasteiger partial charge is 0.428 e. The Morgan fingerprint density at radius 1 is 0.318 bits per heavy atom. The van der Waals surface area contributed by atoms with E-state index in [4.69, 9.17) is 28.4 Å². The molecule has 0 N–H and O–H groups in total. The van der Waals surface area contributed by atoms with Crippen LogP contribution in [0.2, 0.25) is 0 Å². The first-order valence-corrected chi connectivity index (χ1v) is 30.3. The maximum Gasteiger partial charge on any atom is 0.514 e. The second kappa shape index (κ2) is 26.1. The molecule has 1 saturated heterocycles. The number of carbonyl (C=O) groups is 6. The lowest BCUT2D eigenvalue weighted by Gasteiger charge is -2.42. The molecule has 1 fully saturated rings. The van der Waals surface area contributed by atoms with E-state index in [1.54, 1.807) is 77.0 Å². The van der Waals surface area contributed by atoms with Crippen LogP contribution in [0.15, 0.2) is 36.4 Å². The summed E-state index contributed by atoms with van der Waals surface area (Å²) in [6.07, 6.45) is -0.406. The Morgan fingerprint density at radius 3 is 0.718 bits per heavy atom. The number of aryl methyl sites for hydroxylation is 3. The first kappa shape index (κ1) is 71.4. The van der Waals surface area contributed by atoms with E-state index in [-0.39, 0.29) is 57.0 Å². The van der Waals surface area contributed by atoms with Crippen LogP contribution in [0.4, 0.5) is 14.4 Å². The minimum Gasteiger partial charge on any atom is -0.428 e. The molecule has 15 nitrogen and oxygen atoms in total. The molecule has 85 heavy (non-hydrogen) atoms. The maximum atomic E-state index is 14.7. The number of hydrogen-bond donors (Lipinski definition) is 0. The number of carbonyl (C=O) groups excluding carboxylic acids is 6. The van der Waals surface area contributed by atoms with Crippen molar-refractivity contribution in [1.29, 1.82) is 0 Å². The van der Waals surface area contributed by atoms with Gasteiger partial charge in [0.05, 0.1) is 20.0 Å². The van der Waals surface area contributed by atoms with Gasteiger partial charge >= 0.3 is 18.5 Å². The lowest BCUT2D eigenvalue weighted by Crippen LogP contribution is -2.59. The van der Waals surface area contributed by atoms with Crippen LogP contribution in [-0.4, -0.2) is 87.7 Å². The summed E-state index contributed by atoms with van der Waals surface area (Å²) in [5.74, 6) is 0.671. The van der Waals surface area contributed by atoms with Crippen LogP contribution in [0, 0.1) is 0 Å². The average Bonchev–Trinajstić information content (AvgIpc) is 3.05. The van der Waals surface area contributed by atoms with Crippen molar-refractivity contribution in [2.45, 2.75) is 281 Å². The van der Waals surface area contributed by atoms with Gasteiger partial charge in [-0.2, -0.15) is 0 Å². The van der Waals surface area contributed by atoms with Crippen LogP contribution in [0.5, 0.6) is 17.2 Å². The Kier molecular flexibility index (Phi) is 21.9. The highest BCUT2D eigenvalue weighted by molar-refractivity contribution is 5.82. The summed E-state index contributed by atoms with van der Waals surface area (Å²) in [4.78, 5) is 88.4. The second-order valence-corrected chi connectivity index (χ2v) is 32.3. The van der Waals surface area contributed by atoms with Crippen molar-refractivity contribution in [2.24, 2.45) is 0 Å². The fourth-order valence-corrected chi connectivity index (χ4v) is 9.88. The van der Waals surface area contributed by atoms with Crippen molar-refractivity contribution >= 4 is 36.2 Å². The third kappa shape index (κ3) is 21.4. The zero-order valence-electron chi connectivity index (χ0n) is 57.3. The number of benzene rings is 3. The molecule has 3 amide bonds. The fraction of sp³-hybridized carbons (Fsp3) is 0.657. The lowest BCUT2D eigenvalue weighted by atomic mass is 9.78. The van der Waals surface area contributed by atoms with E-state index in [0.717, 1.165) is 50.1 Å². The van der Waals surface area contributed by atoms with E-state index in [0.29, 0.717) is 42.9 Å². The SMILES string of the molecule is CC(C)(C)OC(=O)Oc1c(C(C)(C)C)cc(CCCC(=O)N2CN(C(=O)CCc3cc(C(C)(C)C)c(OC(=O)OC(C)(C)C)c(C(C)(C)C)c3)CN(C(=O)CCc3cc(C(C)(C)C)c(OC(=O)OC(C)(C)C)c(C(C)(C)C)c3)C2)cc1C(C)(C)C. The van der Waals surface area contributed by atoms with Crippen LogP contribution in [0.1, 0.15) is 263 Å². The second-order valence-electron chi connectivity index (χ2n) is 32.3. The Labute approximate surface area is 510 Å². The molecular weight excluding hydrogens is 1070 g/mol. The summed E-state index contributed by atoms with van der Waals surface area (Å²) in [6.45, 7) is 53.0. The van der Waals surface area contributed by atoms with Gasteiger partial charge in [0.15, 0.2) is 0 Å². The first-order valence-electron chi connectivity index (χ1n) is 30.3. The molecule has 3 aromatic rings. The number of nitrogens with zero attached hydrogens (tertiary/aromatic N) is 3. The molecular formula is C70H107N3O12. The monoisotopic (exact) mass is 1180 g/mol. The van der Waals surface area contributed by atoms with Crippen LogP contribution in [0.3, 0.4) is 0 Å². The van der Waals surface area contributed by atoms with Crippen molar-refractivity contribution in [3.8, 4) is 17.2 Å². The van der Waals surface area contributed by atoms with E-state index in [1.807, 2.05) is 119 Å². The molecule has 1 heterocycles. The Balaban J connectivity index is 1.73. The predicted molar refractivity (Wildman–Crippen MR) is 337 cm³/mol. The van der Waals surface area contributed by atoms with Crippen molar-refractivity contribution in [2.75, 3.05) is 20.0 Å². The van der Waals surface area contributed by atoms with Crippen molar-refractivity contribution < 1.29 is 57.2 Å². The summed E-state index contributed by atoms with van der Waals surface area (Å²) in [5, 5.41) is 0. The summed E-state index contributed by atoms with van der Waals surface area (Å²) in [7, 11) is 0. The number of ether oxygens (including phenoxy) is 6. The largest absolute Gasteiger partial charge is 0.514 e.